The third-order valence-corrected chi connectivity index (χ3v) is 5.75. The summed E-state index contributed by atoms with van der Waals surface area (Å²) >= 11 is 8.93. The number of halogens is 2. The minimum absolute atomic E-state index is 0.165. The number of hydrogen-bond donors (Lipinski definition) is 1. The number of aromatic nitrogens is 1. The summed E-state index contributed by atoms with van der Waals surface area (Å²) in [5, 5.41) is 4.73. The number of rotatable bonds is 4. The Balaban J connectivity index is 2.08. The fraction of sp³-hybridized carbons (Fsp3) is 0.188. The normalized spacial score (nSPS) is 12.7. The summed E-state index contributed by atoms with van der Waals surface area (Å²) in [6.45, 7) is 3.03. The predicted molar refractivity (Wildman–Crippen MR) is 97.0 cm³/mol. The van der Waals surface area contributed by atoms with Crippen LogP contribution in [0.5, 0.6) is 0 Å². The van der Waals surface area contributed by atoms with E-state index in [4.69, 9.17) is 0 Å². The van der Waals surface area contributed by atoms with Crippen LogP contribution in [-0.2, 0) is 0 Å². The average molecular weight is 426 g/mol. The van der Waals surface area contributed by atoms with E-state index in [0.717, 1.165) is 19.6 Å². The molecule has 21 heavy (non-hydrogen) atoms. The van der Waals surface area contributed by atoms with Crippen LogP contribution in [0.2, 0.25) is 0 Å². The van der Waals surface area contributed by atoms with Gasteiger partial charge in [0.15, 0.2) is 0 Å². The maximum Gasteiger partial charge on any atom is 0.0761 e. The van der Waals surface area contributed by atoms with E-state index in [9.17, 15) is 0 Å². The first-order valence-electron chi connectivity index (χ1n) is 6.72. The van der Waals surface area contributed by atoms with Gasteiger partial charge in [-0.2, -0.15) is 0 Å². The number of nitrogens with one attached hydrogen (secondary N) is 1. The molecule has 0 amide bonds. The third kappa shape index (κ3) is 3.21. The number of fused-ring (bicyclic) bond motifs is 1. The van der Waals surface area contributed by atoms with E-state index in [1.54, 1.807) is 11.3 Å². The summed E-state index contributed by atoms with van der Waals surface area (Å²) in [6, 6.07) is 12.9. The molecular formula is C16H14Br2N2S. The fourth-order valence-corrected chi connectivity index (χ4v) is 5.33. The van der Waals surface area contributed by atoms with Gasteiger partial charge in [-0.05, 0) is 67.7 Å². The van der Waals surface area contributed by atoms with Crippen LogP contribution in [0, 0.1) is 0 Å². The van der Waals surface area contributed by atoms with Crippen molar-refractivity contribution in [2.75, 3.05) is 6.54 Å². The Morgan fingerprint density at radius 3 is 2.81 bits per heavy atom. The molecule has 0 spiro atoms. The van der Waals surface area contributed by atoms with Gasteiger partial charge in [0.2, 0.25) is 0 Å². The smallest absolute Gasteiger partial charge is 0.0761 e. The number of thiophene rings is 1. The van der Waals surface area contributed by atoms with Gasteiger partial charge in [0.25, 0.3) is 0 Å². The minimum Gasteiger partial charge on any atom is -0.306 e. The van der Waals surface area contributed by atoms with Crippen LogP contribution in [0.25, 0.3) is 10.9 Å². The Kier molecular flexibility index (Phi) is 4.74. The molecule has 0 bridgehead atoms. The lowest BCUT2D eigenvalue weighted by Crippen LogP contribution is -2.21. The van der Waals surface area contributed by atoms with Crippen LogP contribution in [-0.4, -0.2) is 11.5 Å². The van der Waals surface area contributed by atoms with E-state index in [2.05, 4.69) is 79.4 Å². The topological polar surface area (TPSA) is 24.9 Å². The summed E-state index contributed by atoms with van der Waals surface area (Å²) in [6.07, 6.45) is 1.84. The van der Waals surface area contributed by atoms with E-state index < -0.39 is 0 Å². The average Bonchev–Trinajstić information content (AvgIpc) is 2.83. The molecule has 1 unspecified atom stereocenters. The van der Waals surface area contributed by atoms with Crippen molar-refractivity contribution < 1.29 is 0 Å². The number of hydrogen-bond acceptors (Lipinski definition) is 3. The summed E-state index contributed by atoms with van der Waals surface area (Å²) in [7, 11) is 0. The Bertz CT molecular complexity index is 770. The highest BCUT2D eigenvalue weighted by Crippen LogP contribution is 2.38. The van der Waals surface area contributed by atoms with E-state index in [1.165, 1.54) is 16.5 Å². The molecule has 2 nitrogen and oxygen atoms in total. The van der Waals surface area contributed by atoms with Gasteiger partial charge in [-0.3, -0.25) is 4.98 Å². The van der Waals surface area contributed by atoms with Gasteiger partial charge < -0.3 is 5.32 Å². The van der Waals surface area contributed by atoms with Crippen molar-refractivity contribution in [1.29, 1.82) is 0 Å². The van der Waals surface area contributed by atoms with Crippen LogP contribution >= 0.6 is 43.2 Å². The van der Waals surface area contributed by atoms with E-state index in [1.807, 2.05) is 12.3 Å². The quantitative estimate of drug-likeness (QED) is 0.595. The maximum absolute atomic E-state index is 4.46. The molecule has 1 N–H and O–H groups in total. The van der Waals surface area contributed by atoms with Crippen molar-refractivity contribution in [3.8, 4) is 0 Å². The van der Waals surface area contributed by atoms with Gasteiger partial charge >= 0.3 is 0 Å². The summed E-state index contributed by atoms with van der Waals surface area (Å²) in [5.41, 5.74) is 3.52. The first kappa shape index (κ1) is 15.2. The number of pyridine rings is 1. The van der Waals surface area contributed by atoms with Gasteiger partial charge in [-0.25, -0.2) is 0 Å². The maximum atomic E-state index is 4.46. The number of nitrogens with zero attached hydrogens (tertiary/aromatic N) is 1. The summed E-state index contributed by atoms with van der Waals surface area (Å²) < 4.78 is 2.28. The highest BCUT2D eigenvalue weighted by molar-refractivity contribution is 9.12. The second-order valence-corrected chi connectivity index (χ2v) is 8.48. The highest BCUT2D eigenvalue weighted by Gasteiger charge is 2.18. The lowest BCUT2D eigenvalue weighted by Gasteiger charge is -2.18. The van der Waals surface area contributed by atoms with Gasteiger partial charge in [-0.1, -0.05) is 25.1 Å². The monoisotopic (exact) mass is 424 g/mol. The van der Waals surface area contributed by atoms with E-state index in [0.29, 0.717) is 0 Å². The van der Waals surface area contributed by atoms with Crippen LogP contribution < -0.4 is 5.32 Å². The molecule has 3 aromatic rings. The lowest BCUT2D eigenvalue weighted by atomic mass is 9.99. The number of benzene rings is 1. The molecule has 0 aliphatic rings. The molecule has 1 aromatic carbocycles. The van der Waals surface area contributed by atoms with Gasteiger partial charge in [0.1, 0.15) is 0 Å². The molecule has 2 heterocycles. The SMILES string of the molecule is CCNC(c1ccc2cccnc2c1)c1cc(Br)sc1Br. The van der Waals surface area contributed by atoms with E-state index in [-0.39, 0.29) is 6.04 Å². The Morgan fingerprint density at radius 1 is 1.24 bits per heavy atom. The highest BCUT2D eigenvalue weighted by atomic mass is 79.9. The zero-order chi connectivity index (χ0) is 14.8. The third-order valence-electron chi connectivity index (χ3n) is 3.37. The van der Waals surface area contributed by atoms with Gasteiger partial charge in [0, 0.05) is 11.6 Å². The molecule has 0 aliphatic carbocycles. The van der Waals surface area contributed by atoms with Crippen molar-refractivity contribution in [3.63, 3.8) is 0 Å². The molecule has 5 heteroatoms. The molecule has 0 saturated carbocycles. The molecule has 2 aromatic heterocycles. The largest absolute Gasteiger partial charge is 0.306 e. The minimum atomic E-state index is 0.165. The first-order chi connectivity index (χ1) is 10.2. The van der Waals surface area contributed by atoms with E-state index >= 15 is 0 Å². The standard InChI is InChI=1S/C16H14Br2N2S/c1-2-19-15(12-9-14(17)21-16(12)18)11-6-5-10-4-3-7-20-13(10)8-11/h3-9,15,19H,2H2,1H3. The van der Waals surface area contributed by atoms with Crippen LogP contribution in [0.4, 0.5) is 0 Å². The van der Waals surface area contributed by atoms with Crippen molar-refractivity contribution in [1.82, 2.24) is 10.3 Å². The molecule has 0 radical (unpaired) electrons. The van der Waals surface area contributed by atoms with Gasteiger partial charge in [0.05, 0.1) is 19.1 Å². The second kappa shape index (κ2) is 6.57. The van der Waals surface area contributed by atoms with Crippen molar-refractivity contribution in [2.45, 2.75) is 13.0 Å². The molecule has 0 fully saturated rings. The zero-order valence-corrected chi connectivity index (χ0v) is 15.4. The van der Waals surface area contributed by atoms with Crippen molar-refractivity contribution >= 4 is 54.1 Å². The van der Waals surface area contributed by atoms with Gasteiger partial charge in [-0.15, -0.1) is 11.3 Å². The van der Waals surface area contributed by atoms with Crippen molar-refractivity contribution in [2.24, 2.45) is 0 Å². The Hall–Kier alpha value is -0.750. The lowest BCUT2D eigenvalue weighted by molar-refractivity contribution is 0.631. The fourth-order valence-electron chi connectivity index (χ4n) is 2.42. The Morgan fingerprint density at radius 2 is 2.10 bits per heavy atom. The van der Waals surface area contributed by atoms with Crippen LogP contribution in [0.1, 0.15) is 24.1 Å². The van der Waals surface area contributed by atoms with Crippen LogP contribution in [0.3, 0.4) is 0 Å². The molecule has 108 valence electrons. The first-order valence-corrected chi connectivity index (χ1v) is 9.12. The summed E-state index contributed by atoms with van der Waals surface area (Å²) in [5.74, 6) is 0. The molecule has 3 rings (SSSR count). The molecule has 0 saturated heterocycles. The molecule has 1 atom stereocenters. The van der Waals surface area contributed by atoms with Crippen molar-refractivity contribution in [3.05, 3.63) is 61.3 Å². The second-order valence-electron chi connectivity index (χ2n) is 4.73. The van der Waals surface area contributed by atoms with Crippen LogP contribution in [0.15, 0.2) is 50.2 Å². The summed E-state index contributed by atoms with van der Waals surface area (Å²) in [4.78, 5) is 4.46. The zero-order valence-electron chi connectivity index (χ0n) is 11.4. The Labute approximate surface area is 144 Å². The predicted octanol–water partition coefficient (Wildman–Crippen LogP) is 5.52. The molecular weight excluding hydrogens is 412 g/mol. The molecule has 0 aliphatic heterocycles.